The van der Waals surface area contributed by atoms with E-state index in [2.05, 4.69) is 25.8 Å². The molecule has 0 atom stereocenters. The lowest BCUT2D eigenvalue weighted by Gasteiger charge is -2.16. The summed E-state index contributed by atoms with van der Waals surface area (Å²) in [5.74, 6) is 1.69. The van der Waals surface area contributed by atoms with E-state index in [4.69, 9.17) is 5.73 Å². The molecule has 12 heavy (non-hydrogen) atoms. The molecule has 0 spiro atoms. The molecular weight excluding hydrogens is 168 g/mol. The fourth-order valence-electron chi connectivity index (χ4n) is 0.766. The van der Waals surface area contributed by atoms with Crippen LogP contribution in [0.25, 0.3) is 0 Å². The van der Waals surface area contributed by atoms with Crippen molar-refractivity contribution in [3.05, 3.63) is 0 Å². The summed E-state index contributed by atoms with van der Waals surface area (Å²) < 4.78 is 0.295. The highest BCUT2D eigenvalue weighted by Gasteiger charge is 2.20. The van der Waals surface area contributed by atoms with Crippen LogP contribution in [0, 0.1) is 0 Å². The van der Waals surface area contributed by atoms with Crippen LogP contribution in [0.2, 0.25) is 0 Å². The molecule has 1 saturated carbocycles. The average molecular weight is 186 g/mol. The van der Waals surface area contributed by atoms with Gasteiger partial charge in [-0.1, -0.05) is 20.8 Å². The smallest absolute Gasteiger partial charge is 0.104 e. The van der Waals surface area contributed by atoms with Gasteiger partial charge in [0, 0.05) is 4.75 Å². The zero-order chi connectivity index (χ0) is 9.19. The maximum Gasteiger partial charge on any atom is 0.104 e. The molecule has 0 aromatic rings. The third kappa shape index (κ3) is 4.65. The first kappa shape index (κ1) is 9.90. The topological polar surface area (TPSA) is 38.4 Å². The van der Waals surface area contributed by atoms with E-state index in [1.54, 1.807) is 0 Å². The molecule has 1 aliphatic rings. The van der Waals surface area contributed by atoms with Crippen molar-refractivity contribution in [3.63, 3.8) is 0 Å². The first-order chi connectivity index (χ1) is 5.47. The minimum atomic E-state index is 0.295. The lowest BCUT2D eigenvalue weighted by molar-refractivity contribution is 0.805. The maximum atomic E-state index is 5.75. The van der Waals surface area contributed by atoms with Gasteiger partial charge < -0.3 is 5.73 Å². The highest BCUT2D eigenvalue weighted by atomic mass is 32.2. The van der Waals surface area contributed by atoms with Gasteiger partial charge in [-0.05, 0) is 12.8 Å². The Morgan fingerprint density at radius 1 is 1.50 bits per heavy atom. The van der Waals surface area contributed by atoms with Gasteiger partial charge in [0.05, 0.1) is 11.8 Å². The third-order valence-electron chi connectivity index (χ3n) is 1.55. The van der Waals surface area contributed by atoms with E-state index in [9.17, 15) is 0 Å². The Labute approximate surface area is 79.0 Å². The second kappa shape index (κ2) is 3.69. The molecule has 1 rings (SSSR count). The minimum absolute atomic E-state index is 0.295. The number of hydrogen-bond acceptors (Lipinski definition) is 2. The van der Waals surface area contributed by atoms with Crippen molar-refractivity contribution in [3.8, 4) is 0 Å². The van der Waals surface area contributed by atoms with E-state index in [1.165, 1.54) is 12.8 Å². The molecule has 1 fully saturated rings. The van der Waals surface area contributed by atoms with Crippen molar-refractivity contribution in [2.24, 2.45) is 10.7 Å². The Hall–Kier alpha value is -0.180. The molecule has 3 heteroatoms. The average Bonchev–Trinajstić information content (AvgIpc) is 2.66. The van der Waals surface area contributed by atoms with E-state index < -0.39 is 0 Å². The quantitative estimate of drug-likeness (QED) is 0.541. The monoisotopic (exact) mass is 186 g/mol. The molecule has 0 aromatic heterocycles. The van der Waals surface area contributed by atoms with Crippen LogP contribution in [0.1, 0.15) is 33.6 Å². The molecule has 0 aromatic carbocycles. The molecule has 0 bridgehead atoms. The maximum absolute atomic E-state index is 5.75. The van der Waals surface area contributed by atoms with E-state index in [0.717, 1.165) is 11.6 Å². The van der Waals surface area contributed by atoms with Crippen LogP contribution in [-0.2, 0) is 0 Å². The van der Waals surface area contributed by atoms with Gasteiger partial charge in [-0.2, -0.15) is 0 Å². The van der Waals surface area contributed by atoms with Crippen LogP contribution in [0.4, 0.5) is 0 Å². The van der Waals surface area contributed by atoms with Crippen LogP contribution in [0.15, 0.2) is 4.99 Å². The van der Waals surface area contributed by atoms with Gasteiger partial charge in [-0.3, -0.25) is 4.99 Å². The van der Waals surface area contributed by atoms with Gasteiger partial charge in [-0.25, -0.2) is 0 Å². The van der Waals surface area contributed by atoms with Gasteiger partial charge in [0.2, 0.25) is 0 Å². The summed E-state index contributed by atoms with van der Waals surface area (Å²) in [6, 6.07) is 0.561. The number of aliphatic imine (C=N–C) groups is 1. The first-order valence-corrected chi connectivity index (χ1v) is 5.42. The zero-order valence-corrected chi connectivity index (χ0v) is 8.95. The molecule has 0 saturated heterocycles. The van der Waals surface area contributed by atoms with E-state index in [1.807, 2.05) is 11.8 Å². The summed E-state index contributed by atoms with van der Waals surface area (Å²) >= 11 is 1.86. The number of nitrogens with two attached hydrogens (primary N) is 1. The van der Waals surface area contributed by atoms with Gasteiger partial charge in [-0.15, -0.1) is 11.8 Å². The van der Waals surface area contributed by atoms with Gasteiger partial charge in [0.25, 0.3) is 0 Å². The highest BCUT2D eigenvalue weighted by molar-refractivity contribution is 8.01. The standard InChI is InChI=1S/C9H18N2S/c1-9(2,3)12-6-8(10)11-7-4-5-7/h7H,4-6H2,1-3H3,(H2,10,11). The number of hydrogen-bond donors (Lipinski definition) is 1. The largest absolute Gasteiger partial charge is 0.387 e. The van der Waals surface area contributed by atoms with Crippen molar-refractivity contribution >= 4 is 17.6 Å². The van der Waals surface area contributed by atoms with Gasteiger partial charge in [0.1, 0.15) is 5.84 Å². The lowest BCUT2D eigenvalue weighted by atomic mass is 10.3. The van der Waals surface area contributed by atoms with Crippen LogP contribution >= 0.6 is 11.8 Å². The predicted molar refractivity (Wildman–Crippen MR) is 56.9 cm³/mol. The molecule has 1 aliphatic carbocycles. The third-order valence-corrected chi connectivity index (χ3v) is 2.85. The highest BCUT2D eigenvalue weighted by Crippen LogP contribution is 2.25. The van der Waals surface area contributed by atoms with Crippen molar-refractivity contribution in [1.82, 2.24) is 0 Å². The number of thioether (sulfide) groups is 1. The molecule has 2 N–H and O–H groups in total. The molecule has 70 valence electrons. The van der Waals surface area contributed by atoms with Crippen LogP contribution in [0.5, 0.6) is 0 Å². The number of nitrogens with zero attached hydrogens (tertiary/aromatic N) is 1. The molecule has 0 heterocycles. The van der Waals surface area contributed by atoms with Crippen molar-refractivity contribution in [1.29, 1.82) is 0 Å². The second-order valence-electron chi connectivity index (χ2n) is 4.25. The SMILES string of the molecule is CC(C)(C)SCC(N)=NC1CC1. The molecular formula is C9H18N2S. The fraction of sp³-hybridized carbons (Fsp3) is 0.889. The number of amidine groups is 1. The normalized spacial score (nSPS) is 19.8. The zero-order valence-electron chi connectivity index (χ0n) is 8.13. The van der Waals surface area contributed by atoms with Crippen molar-refractivity contribution in [2.75, 3.05) is 5.75 Å². The molecule has 0 unspecified atom stereocenters. The Morgan fingerprint density at radius 2 is 2.08 bits per heavy atom. The predicted octanol–water partition coefficient (Wildman–Crippen LogP) is 2.04. The minimum Gasteiger partial charge on any atom is -0.387 e. The van der Waals surface area contributed by atoms with Crippen LogP contribution < -0.4 is 5.73 Å². The Balaban J connectivity index is 2.21. The van der Waals surface area contributed by atoms with Crippen molar-refractivity contribution < 1.29 is 0 Å². The summed E-state index contributed by atoms with van der Waals surface area (Å²) in [6.07, 6.45) is 2.47. The Morgan fingerprint density at radius 3 is 2.50 bits per heavy atom. The van der Waals surface area contributed by atoms with Crippen molar-refractivity contribution in [2.45, 2.75) is 44.4 Å². The number of rotatable bonds is 3. The van der Waals surface area contributed by atoms with E-state index in [-0.39, 0.29) is 0 Å². The van der Waals surface area contributed by atoms with E-state index >= 15 is 0 Å². The molecule has 0 amide bonds. The van der Waals surface area contributed by atoms with Gasteiger partial charge >= 0.3 is 0 Å². The van der Waals surface area contributed by atoms with Crippen LogP contribution in [-0.4, -0.2) is 22.4 Å². The fourth-order valence-corrected chi connectivity index (χ4v) is 1.42. The van der Waals surface area contributed by atoms with Crippen LogP contribution in [0.3, 0.4) is 0 Å². The summed E-state index contributed by atoms with van der Waals surface area (Å²) in [4.78, 5) is 4.37. The molecule has 2 nitrogen and oxygen atoms in total. The summed E-state index contributed by atoms with van der Waals surface area (Å²) in [5, 5.41) is 0. The second-order valence-corrected chi connectivity index (χ2v) is 6.05. The Bertz CT molecular complexity index is 177. The first-order valence-electron chi connectivity index (χ1n) is 4.43. The lowest BCUT2D eigenvalue weighted by Crippen LogP contribution is -2.20. The molecule has 0 radical (unpaired) electrons. The van der Waals surface area contributed by atoms with E-state index in [0.29, 0.717) is 10.8 Å². The summed E-state index contributed by atoms with van der Waals surface area (Å²) in [7, 11) is 0. The summed E-state index contributed by atoms with van der Waals surface area (Å²) in [5.41, 5.74) is 5.75. The van der Waals surface area contributed by atoms with Gasteiger partial charge in [0.15, 0.2) is 0 Å². The summed E-state index contributed by atoms with van der Waals surface area (Å²) in [6.45, 7) is 6.59. The molecule has 0 aliphatic heterocycles. The Kier molecular flexibility index (Phi) is 3.04.